The molecule has 0 spiro atoms. The van der Waals surface area contributed by atoms with Crippen LogP contribution in [0.5, 0.6) is 0 Å². The monoisotopic (exact) mass is 380 g/mol. The van der Waals surface area contributed by atoms with Crippen LogP contribution in [0.3, 0.4) is 0 Å². The van der Waals surface area contributed by atoms with Gasteiger partial charge in [-0.25, -0.2) is 4.98 Å². The van der Waals surface area contributed by atoms with Crippen molar-refractivity contribution < 1.29 is 28.6 Å². The molecule has 2 heterocycles. The standard InChI is InChI=1S/C19H21F3N4O/c20-19(21,22)16-5-3-8-24-18(16)25-10-9-23-12-15(27)13-26-11-7-14-4-1-2-6-17(14)26/h1-8,11,15,23,27H,9-10,12-13H2,(H,24,25)/p+2/t15-/m0/s1. The number of hydrogen-bond acceptors (Lipinski definition) is 2. The van der Waals surface area contributed by atoms with Crippen LogP contribution in [0.2, 0.25) is 0 Å². The molecule has 1 aromatic carbocycles. The van der Waals surface area contributed by atoms with Crippen LogP contribution >= 0.6 is 0 Å². The van der Waals surface area contributed by atoms with Crippen molar-refractivity contribution in [2.45, 2.75) is 18.8 Å². The zero-order chi connectivity index (χ0) is 19.3. The minimum Gasteiger partial charge on any atom is -0.385 e. The van der Waals surface area contributed by atoms with Crippen molar-refractivity contribution in [2.24, 2.45) is 0 Å². The molecule has 8 heteroatoms. The van der Waals surface area contributed by atoms with Gasteiger partial charge in [-0.05, 0) is 29.7 Å². The molecular formula is C19H23F3N4O+2. The molecule has 2 aromatic heterocycles. The molecule has 0 saturated heterocycles. The summed E-state index contributed by atoms with van der Waals surface area (Å²) in [5.74, 6) is -0.0437. The molecule has 3 rings (SSSR count). The Bertz CT molecular complexity index is 879. The number of rotatable bonds is 8. The molecule has 0 bridgehead atoms. The summed E-state index contributed by atoms with van der Waals surface area (Å²) >= 11 is 0. The van der Waals surface area contributed by atoms with Crippen molar-refractivity contribution in [3.8, 4) is 0 Å². The number of H-pyrrole nitrogens is 1. The highest BCUT2D eigenvalue weighted by Crippen LogP contribution is 2.32. The Kier molecular flexibility index (Phi) is 5.98. The number of fused-ring (bicyclic) bond motifs is 1. The Morgan fingerprint density at radius 3 is 2.78 bits per heavy atom. The Morgan fingerprint density at radius 1 is 1.15 bits per heavy atom. The van der Waals surface area contributed by atoms with Crippen LogP contribution < -0.4 is 15.6 Å². The van der Waals surface area contributed by atoms with E-state index in [4.69, 9.17) is 0 Å². The van der Waals surface area contributed by atoms with Crippen LogP contribution in [0.1, 0.15) is 5.56 Å². The van der Waals surface area contributed by atoms with Crippen LogP contribution in [0.4, 0.5) is 19.0 Å². The van der Waals surface area contributed by atoms with Crippen molar-refractivity contribution >= 4 is 16.7 Å². The molecule has 1 atom stereocenters. The van der Waals surface area contributed by atoms with E-state index in [0.29, 0.717) is 26.2 Å². The number of nitrogens with two attached hydrogens (primary N) is 1. The normalized spacial score (nSPS) is 13.0. The van der Waals surface area contributed by atoms with Crippen LogP contribution in [-0.4, -0.2) is 35.4 Å². The molecule has 0 aliphatic carbocycles. The molecule has 0 aliphatic rings. The number of benzene rings is 1. The number of aliphatic hydroxyl groups is 1. The lowest BCUT2D eigenvalue weighted by Crippen LogP contribution is -2.87. The third kappa shape index (κ3) is 4.99. The molecule has 0 saturated carbocycles. The lowest BCUT2D eigenvalue weighted by Gasteiger charge is -2.12. The van der Waals surface area contributed by atoms with E-state index < -0.39 is 17.8 Å². The highest BCUT2D eigenvalue weighted by molar-refractivity contribution is 5.79. The Balaban J connectivity index is 1.43. The molecule has 144 valence electrons. The van der Waals surface area contributed by atoms with Crippen LogP contribution in [0.25, 0.3) is 10.9 Å². The summed E-state index contributed by atoms with van der Waals surface area (Å²) in [7, 11) is 0. The average molecular weight is 380 g/mol. The van der Waals surface area contributed by atoms with Crippen molar-refractivity contribution in [3.63, 3.8) is 0 Å². The predicted molar refractivity (Wildman–Crippen MR) is 96.1 cm³/mol. The minimum atomic E-state index is -4.40. The average Bonchev–Trinajstić information content (AvgIpc) is 3.04. The molecule has 0 amide bonds. The first-order valence-electron chi connectivity index (χ1n) is 8.80. The molecule has 0 unspecified atom stereocenters. The van der Waals surface area contributed by atoms with Crippen LogP contribution in [-0.2, 0) is 12.7 Å². The number of nitrogens with zero attached hydrogens (tertiary/aromatic N) is 1. The third-order valence-corrected chi connectivity index (χ3v) is 4.34. The number of anilines is 1. The number of aromatic nitrogens is 2. The SMILES string of the molecule is O[C@@H](C[NH2+]CCNc1[nH+]cccc1C(F)(F)F)Cn1ccc2ccccc21. The first-order chi connectivity index (χ1) is 12.9. The molecule has 3 aromatic rings. The molecule has 0 fully saturated rings. The van der Waals surface area contributed by atoms with Gasteiger partial charge < -0.3 is 15.0 Å². The van der Waals surface area contributed by atoms with Gasteiger partial charge in [-0.15, -0.1) is 0 Å². The first-order valence-corrected chi connectivity index (χ1v) is 8.80. The molecule has 0 radical (unpaired) electrons. The smallest absolute Gasteiger partial charge is 0.385 e. The van der Waals surface area contributed by atoms with Crippen molar-refractivity contribution in [2.75, 3.05) is 25.0 Å². The van der Waals surface area contributed by atoms with E-state index in [0.717, 1.165) is 17.0 Å². The maximum absolute atomic E-state index is 12.9. The zero-order valence-corrected chi connectivity index (χ0v) is 14.7. The van der Waals surface area contributed by atoms with Crippen molar-refractivity contribution in [1.29, 1.82) is 0 Å². The second-order valence-corrected chi connectivity index (χ2v) is 6.38. The number of hydrogen-bond donors (Lipinski definition) is 3. The number of quaternary nitrogens is 1. The van der Waals surface area contributed by atoms with Gasteiger partial charge in [0.2, 0.25) is 0 Å². The highest BCUT2D eigenvalue weighted by Gasteiger charge is 2.36. The lowest BCUT2D eigenvalue weighted by atomic mass is 10.2. The van der Waals surface area contributed by atoms with E-state index in [1.807, 2.05) is 46.4 Å². The summed E-state index contributed by atoms with van der Waals surface area (Å²) < 4.78 is 40.8. The Labute approximate surface area is 154 Å². The highest BCUT2D eigenvalue weighted by atomic mass is 19.4. The van der Waals surface area contributed by atoms with E-state index in [1.54, 1.807) is 0 Å². The van der Waals surface area contributed by atoms with E-state index in [9.17, 15) is 18.3 Å². The van der Waals surface area contributed by atoms with Gasteiger partial charge in [-0.3, -0.25) is 5.32 Å². The lowest BCUT2D eigenvalue weighted by molar-refractivity contribution is -0.658. The number of aliphatic hydroxyl groups excluding tert-OH is 1. The van der Waals surface area contributed by atoms with Crippen LogP contribution in [0.15, 0.2) is 54.9 Å². The molecular weight excluding hydrogens is 357 g/mol. The topological polar surface area (TPSA) is 67.9 Å². The van der Waals surface area contributed by atoms with E-state index in [-0.39, 0.29) is 5.82 Å². The number of pyridine rings is 1. The summed E-state index contributed by atoms with van der Waals surface area (Å²) in [6.45, 7) is 1.84. The maximum atomic E-state index is 12.9. The molecule has 5 N–H and O–H groups in total. The summed E-state index contributed by atoms with van der Waals surface area (Å²) in [6, 6.07) is 12.3. The van der Waals surface area contributed by atoms with Gasteiger partial charge in [0.15, 0.2) is 0 Å². The minimum absolute atomic E-state index is 0.0437. The number of aromatic amines is 1. The maximum Gasteiger partial charge on any atom is 0.424 e. The van der Waals surface area contributed by atoms with Gasteiger partial charge in [0, 0.05) is 11.7 Å². The summed E-state index contributed by atoms with van der Waals surface area (Å²) in [5, 5.41) is 16.0. The van der Waals surface area contributed by atoms with E-state index in [2.05, 4.69) is 10.3 Å². The summed E-state index contributed by atoms with van der Waals surface area (Å²) in [5.41, 5.74) is 0.349. The van der Waals surface area contributed by atoms with Gasteiger partial charge in [-0.1, -0.05) is 18.2 Å². The number of nitrogens with one attached hydrogen (secondary N) is 2. The zero-order valence-electron chi connectivity index (χ0n) is 14.7. The second-order valence-electron chi connectivity index (χ2n) is 6.38. The van der Waals surface area contributed by atoms with Crippen molar-refractivity contribution in [1.82, 2.24) is 4.57 Å². The van der Waals surface area contributed by atoms with Crippen LogP contribution in [0, 0.1) is 0 Å². The van der Waals surface area contributed by atoms with Gasteiger partial charge in [-0.2, -0.15) is 13.2 Å². The Hall–Kier alpha value is -2.58. The van der Waals surface area contributed by atoms with Gasteiger partial charge in [0.25, 0.3) is 5.82 Å². The van der Waals surface area contributed by atoms with Gasteiger partial charge in [0.05, 0.1) is 12.7 Å². The van der Waals surface area contributed by atoms with E-state index in [1.165, 1.54) is 12.3 Å². The number of para-hydroxylation sites is 1. The van der Waals surface area contributed by atoms with Crippen molar-refractivity contribution in [3.05, 3.63) is 60.4 Å². The summed E-state index contributed by atoms with van der Waals surface area (Å²) in [4.78, 5) is 2.59. The number of halogens is 3. The van der Waals surface area contributed by atoms with E-state index >= 15 is 0 Å². The fourth-order valence-corrected chi connectivity index (χ4v) is 3.03. The molecule has 27 heavy (non-hydrogen) atoms. The van der Waals surface area contributed by atoms with Gasteiger partial charge >= 0.3 is 6.18 Å². The summed E-state index contributed by atoms with van der Waals surface area (Å²) in [6.07, 6.45) is -1.56. The first kappa shape index (κ1) is 19.2. The fourth-order valence-electron chi connectivity index (χ4n) is 3.03. The predicted octanol–water partition coefficient (Wildman–Crippen LogP) is 1.51. The number of alkyl halides is 3. The second kappa shape index (κ2) is 8.41. The largest absolute Gasteiger partial charge is 0.424 e. The molecule has 5 nitrogen and oxygen atoms in total. The fraction of sp³-hybridized carbons (Fsp3) is 0.316. The molecule has 0 aliphatic heterocycles. The Morgan fingerprint density at radius 2 is 1.96 bits per heavy atom. The van der Waals surface area contributed by atoms with Gasteiger partial charge in [0.1, 0.15) is 31.3 Å². The third-order valence-electron chi connectivity index (χ3n) is 4.34. The quantitative estimate of drug-likeness (QED) is 0.519.